The monoisotopic (exact) mass is 237 g/mol. The molecule has 0 aromatic carbocycles. The fourth-order valence-corrected chi connectivity index (χ4v) is 1.25. The van der Waals surface area contributed by atoms with E-state index in [-0.39, 0.29) is 5.88 Å². The van der Waals surface area contributed by atoms with E-state index in [4.69, 9.17) is 16.3 Å². The van der Waals surface area contributed by atoms with Gasteiger partial charge in [-0.2, -0.15) is 5.10 Å². The molecule has 0 fully saturated rings. The molecule has 0 aliphatic carbocycles. The van der Waals surface area contributed by atoms with Crippen LogP contribution < -0.4 is 4.74 Å². The van der Waals surface area contributed by atoms with Crippen molar-refractivity contribution in [2.75, 3.05) is 0 Å². The predicted molar refractivity (Wildman–Crippen MR) is 57.5 cm³/mol. The van der Waals surface area contributed by atoms with Crippen molar-refractivity contribution in [2.24, 2.45) is 0 Å². The first-order valence-electron chi connectivity index (χ1n) is 4.51. The molecule has 2 aromatic heterocycles. The van der Waals surface area contributed by atoms with Gasteiger partial charge in [-0.15, -0.1) is 0 Å². The summed E-state index contributed by atoms with van der Waals surface area (Å²) in [6.45, 7) is 1.71. The molecule has 0 bridgehead atoms. The quantitative estimate of drug-likeness (QED) is 0.811. The molecule has 0 atom stereocenters. The van der Waals surface area contributed by atoms with Crippen LogP contribution in [-0.2, 0) is 0 Å². The van der Waals surface area contributed by atoms with Gasteiger partial charge in [0, 0.05) is 18.5 Å². The molecule has 0 unspecified atom stereocenters. The molecule has 6 heteroatoms. The zero-order chi connectivity index (χ0) is 11.5. The van der Waals surface area contributed by atoms with Gasteiger partial charge in [0.2, 0.25) is 5.88 Å². The maximum absolute atomic E-state index is 11.6. The van der Waals surface area contributed by atoms with Crippen LogP contribution in [0.2, 0.25) is 5.02 Å². The van der Waals surface area contributed by atoms with Crippen LogP contribution in [0.25, 0.3) is 0 Å². The molecule has 0 radical (unpaired) electrons. The number of hydrogen-bond donors (Lipinski definition) is 1. The van der Waals surface area contributed by atoms with Crippen molar-refractivity contribution in [2.45, 2.75) is 6.92 Å². The lowest BCUT2D eigenvalue weighted by molar-refractivity contribution is 0.0727. The summed E-state index contributed by atoms with van der Waals surface area (Å²) in [4.78, 5) is 15.5. The minimum atomic E-state index is -0.499. The van der Waals surface area contributed by atoms with E-state index in [1.165, 1.54) is 18.5 Å². The zero-order valence-electron chi connectivity index (χ0n) is 8.40. The standard InChI is InChI=1S/C10H8ClN3O2/c1-6-8(5-13-14-6)10(15)16-9-3-2-7(11)4-12-9/h2-5H,1H3,(H,13,14). The Labute approximate surface area is 96.4 Å². The number of aromatic amines is 1. The van der Waals surface area contributed by atoms with Gasteiger partial charge in [0.05, 0.1) is 10.7 Å². The van der Waals surface area contributed by atoms with Crippen molar-refractivity contribution in [1.82, 2.24) is 15.2 Å². The first-order valence-corrected chi connectivity index (χ1v) is 4.89. The molecule has 0 aliphatic rings. The predicted octanol–water partition coefficient (Wildman–Crippen LogP) is 1.99. The molecule has 16 heavy (non-hydrogen) atoms. The largest absolute Gasteiger partial charge is 0.404 e. The number of halogens is 1. The number of aryl methyl sites for hydroxylation is 1. The number of aromatic nitrogens is 3. The lowest BCUT2D eigenvalue weighted by atomic mass is 10.3. The van der Waals surface area contributed by atoms with Crippen molar-refractivity contribution in [1.29, 1.82) is 0 Å². The Morgan fingerprint density at radius 1 is 1.50 bits per heavy atom. The van der Waals surface area contributed by atoms with E-state index in [9.17, 15) is 4.79 Å². The second-order valence-corrected chi connectivity index (χ2v) is 3.52. The average Bonchev–Trinajstić information content (AvgIpc) is 2.68. The SMILES string of the molecule is Cc1n[nH]cc1C(=O)Oc1ccc(Cl)cn1. The van der Waals surface area contributed by atoms with Crippen molar-refractivity contribution in [3.8, 4) is 5.88 Å². The van der Waals surface area contributed by atoms with Crippen molar-refractivity contribution < 1.29 is 9.53 Å². The first kappa shape index (κ1) is 10.6. The van der Waals surface area contributed by atoms with Crippen molar-refractivity contribution in [3.63, 3.8) is 0 Å². The Hall–Kier alpha value is -1.88. The van der Waals surface area contributed by atoms with E-state index >= 15 is 0 Å². The molecule has 0 saturated carbocycles. The van der Waals surface area contributed by atoms with Gasteiger partial charge >= 0.3 is 5.97 Å². The highest BCUT2D eigenvalue weighted by molar-refractivity contribution is 6.30. The number of nitrogens with one attached hydrogen (secondary N) is 1. The van der Waals surface area contributed by atoms with Crippen LogP contribution in [0.3, 0.4) is 0 Å². The van der Waals surface area contributed by atoms with Crippen LogP contribution in [-0.4, -0.2) is 21.2 Å². The molecule has 2 rings (SSSR count). The molecule has 0 amide bonds. The second-order valence-electron chi connectivity index (χ2n) is 3.09. The molecule has 2 heterocycles. The van der Waals surface area contributed by atoms with Gasteiger partial charge in [0.15, 0.2) is 0 Å². The Morgan fingerprint density at radius 2 is 2.31 bits per heavy atom. The molecule has 5 nitrogen and oxygen atoms in total. The molecular formula is C10H8ClN3O2. The van der Waals surface area contributed by atoms with E-state index in [0.29, 0.717) is 16.3 Å². The lowest BCUT2D eigenvalue weighted by Gasteiger charge is -2.01. The number of nitrogens with zero attached hydrogens (tertiary/aromatic N) is 2. The zero-order valence-corrected chi connectivity index (χ0v) is 9.15. The minimum Gasteiger partial charge on any atom is -0.404 e. The summed E-state index contributed by atoms with van der Waals surface area (Å²) in [6, 6.07) is 3.12. The third kappa shape index (κ3) is 2.20. The highest BCUT2D eigenvalue weighted by Gasteiger charge is 2.13. The van der Waals surface area contributed by atoms with Gasteiger partial charge in [-0.3, -0.25) is 5.10 Å². The van der Waals surface area contributed by atoms with Crippen LogP contribution >= 0.6 is 11.6 Å². The number of H-pyrrole nitrogens is 1. The van der Waals surface area contributed by atoms with E-state index < -0.39 is 5.97 Å². The van der Waals surface area contributed by atoms with Crippen LogP contribution in [0.4, 0.5) is 0 Å². The summed E-state index contributed by atoms with van der Waals surface area (Å²) in [5, 5.41) is 6.89. The summed E-state index contributed by atoms with van der Waals surface area (Å²) in [5.41, 5.74) is 0.968. The number of esters is 1. The van der Waals surface area contributed by atoms with Crippen LogP contribution in [0.1, 0.15) is 16.1 Å². The fraction of sp³-hybridized carbons (Fsp3) is 0.100. The molecule has 2 aromatic rings. The van der Waals surface area contributed by atoms with Gasteiger partial charge in [0.1, 0.15) is 5.56 Å². The maximum atomic E-state index is 11.6. The lowest BCUT2D eigenvalue weighted by Crippen LogP contribution is -2.09. The maximum Gasteiger partial charge on any atom is 0.348 e. The topological polar surface area (TPSA) is 67.9 Å². The number of ether oxygens (including phenoxy) is 1. The van der Waals surface area contributed by atoms with Crippen LogP contribution in [0.15, 0.2) is 24.5 Å². The summed E-state index contributed by atoms with van der Waals surface area (Å²) in [6.07, 6.45) is 2.89. The second kappa shape index (κ2) is 4.32. The number of rotatable bonds is 2. The first-order chi connectivity index (χ1) is 7.66. The van der Waals surface area contributed by atoms with E-state index in [2.05, 4.69) is 15.2 Å². The Bertz CT molecular complexity index is 507. The van der Waals surface area contributed by atoms with Gasteiger partial charge in [-0.25, -0.2) is 9.78 Å². The smallest absolute Gasteiger partial charge is 0.348 e. The summed E-state index contributed by atoms with van der Waals surface area (Å²) in [5.74, 6) is -0.295. The highest BCUT2D eigenvalue weighted by Crippen LogP contribution is 2.13. The summed E-state index contributed by atoms with van der Waals surface area (Å²) >= 11 is 5.66. The van der Waals surface area contributed by atoms with E-state index in [0.717, 1.165) is 0 Å². The van der Waals surface area contributed by atoms with Gasteiger partial charge in [-0.05, 0) is 13.0 Å². The minimum absolute atomic E-state index is 0.204. The van der Waals surface area contributed by atoms with E-state index in [1.54, 1.807) is 13.0 Å². The van der Waals surface area contributed by atoms with Gasteiger partial charge in [-0.1, -0.05) is 11.6 Å². The van der Waals surface area contributed by atoms with Gasteiger partial charge < -0.3 is 4.74 Å². The van der Waals surface area contributed by atoms with Crippen molar-refractivity contribution in [3.05, 3.63) is 40.8 Å². The summed E-state index contributed by atoms with van der Waals surface area (Å²) < 4.78 is 5.03. The molecule has 0 spiro atoms. The van der Waals surface area contributed by atoms with Crippen molar-refractivity contribution >= 4 is 17.6 Å². The number of hydrogen-bond acceptors (Lipinski definition) is 4. The van der Waals surface area contributed by atoms with Crippen LogP contribution in [0.5, 0.6) is 5.88 Å². The fourth-order valence-electron chi connectivity index (χ4n) is 1.14. The number of pyridine rings is 1. The molecule has 1 N–H and O–H groups in total. The normalized spacial score (nSPS) is 10.1. The third-order valence-corrected chi connectivity index (χ3v) is 2.17. The highest BCUT2D eigenvalue weighted by atomic mass is 35.5. The number of carbonyl (C=O) groups excluding carboxylic acids is 1. The Balaban J connectivity index is 2.14. The molecular weight excluding hydrogens is 230 g/mol. The molecule has 82 valence electrons. The Morgan fingerprint density at radius 3 is 2.88 bits per heavy atom. The van der Waals surface area contributed by atoms with Gasteiger partial charge in [0.25, 0.3) is 0 Å². The van der Waals surface area contributed by atoms with Crippen LogP contribution in [0, 0.1) is 6.92 Å². The van der Waals surface area contributed by atoms with E-state index in [1.807, 2.05) is 0 Å². The Kier molecular flexibility index (Phi) is 2.87. The third-order valence-electron chi connectivity index (χ3n) is 1.95. The average molecular weight is 238 g/mol. The summed E-state index contributed by atoms with van der Waals surface area (Å²) in [7, 11) is 0. The number of carbonyl (C=O) groups is 1. The molecule has 0 aliphatic heterocycles. The molecule has 0 saturated heterocycles.